The van der Waals surface area contributed by atoms with Gasteiger partial charge in [0.1, 0.15) is 0 Å². The van der Waals surface area contributed by atoms with Crippen molar-refractivity contribution in [3.8, 4) is 0 Å². The molecule has 5 heteroatoms. The summed E-state index contributed by atoms with van der Waals surface area (Å²) in [4.78, 5) is 7.57. The van der Waals surface area contributed by atoms with E-state index in [4.69, 9.17) is 0 Å². The molecule has 1 aliphatic heterocycles. The second kappa shape index (κ2) is 5.74. The van der Waals surface area contributed by atoms with Gasteiger partial charge in [-0.3, -0.25) is 0 Å². The van der Waals surface area contributed by atoms with Crippen LogP contribution in [0.2, 0.25) is 14.8 Å². The summed E-state index contributed by atoms with van der Waals surface area (Å²) < 4.78 is 28.0. The molecule has 0 radical (unpaired) electrons. The molecule has 106 valence electrons. The fourth-order valence-corrected chi connectivity index (χ4v) is 8.79. The van der Waals surface area contributed by atoms with Gasteiger partial charge in [-0.2, -0.15) is 0 Å². The molecule has 2 rings (SSSR count). The van der Waals surface area contributed by atoms with Crippen LogP contribution in [0.1, 0.15) is 18.4 Å². The van der Waals surface area contributed by atoms with Crippen LogP contribution in [-0.4, -0.2) is 44.2 Å². The molecular weight excluding hydrogens is 365 g/mol. The second-order valence-electron chi connectivity index (χ2n) is 6.46. The first kappa shape index (κ1) is 15.3. The minimum absolute atomic E-state index is 0.545. The Morgan fingerprint density at radius 2 is 1.68 bits per heavy atom. The Kier molecular flexibility index (Phi) is 4.63. The van der Waals surface area contributed by atoms with Crippen molar-refractivity contribution in [3.63, 3.8) is 0 Å². The second-order valence-corrected chi connectivity index (χ2v) is 24.0. The van der Waals surface area contributed by atoms with Gasteiger partial charge in [-0.05, 0) is 0 Å². The van der Waals surface area contributed by atoms with Crippen molar-refractivity contribution >= 4 is 28.4 Å². The average Bonchev–Trinajstić information content (AvgIpc) is 2.81. The first-order valence-corrected chi connectivity index (χ1v) is 18.9. The van der Waals surface area contributed by atoms with E-state index in [9.17, 15) is 8.42 Å². The van der Waals surface area contributed by atoms with Crippen molar-refractivity contribution in [1.82, 2.24) is 4.31 Å². The van der Waals surface area contributed by atoms with Crippen molar-refractivity contribution in [1.29, 1.82) is 0 Å². The van der Waals surface area contributed by atoms with E-state index in [1.165, 1.54) is 0 Å². The van der Waals surface area contributed by atoms with E-state index < -0.39 is 28.4 Å². The van der Waals surface area contributed by atoms with Crippen LogP contribution in [0.4, 0.5) is 0 Å². The Bertz CT molecular complexity index is 543. The third-order valence-electron chi connectivity index (χ3n) is 3.38. The monoisotopic (exact) mass is 389 g/mol. The summed E-state index contributed by atoms with van der Waals surface area (Å²) in [5.74, 6) is 0. The first-order chi connectivity index (χ1) is 8.81. The van der Waals surface area contributed by atoms with Crippen LogP contribution in [0.25, 0.3) is 0 Å². The van der Waals surface area contributed by atoms with Gasteiger partial charge in [-0.15, -0.1) is 0 Å². The van der Waals surface area contributed by atoms with Crippen LogP contribution >= 0.6 is 0 Å². The summed E-state index contributed by atoms with van der Waals surface area (Å²) in [6.07, 6.45) is 1.97. The normalized spacial score (nSPS) is 17.8. The average molecular weight is 388 g/mol. The van der Waals surface area contributed by atoms with Crippen LogP contribution < -0.4 is 0 Å². The molecule has 1 aromatic rings. The van der Waals surface area contributed by atoms with Gasteiger partial charge in [0.2, 0.25) is 0 Å². The summed E-state index contributed by atoms with van der Waals surface area (Å²) in [5, 5.41) is 0. The standard InChI is InChI=1S/C11H14NO2S.3CH3.Sn/c1-10-6-2-3-7-11(10)15(13,14)12-8-4-5-9-12;;;;/h2-3,6-7H,1,4-5,8-9H2;3*1H3;. The third kappa shape index (κ3) is 3.73. The van der Waals surface area contributed by atoms with Gasteiger partial charge >= 0.3 is 121 Å². The van der Waals surface area contributed by atoms with Crippen LogP contribution in [0, 0.1) is 0 Å². The molecule has 1 aromatic carbocycles. The van der Waals surface area contributed by atoms with E-state index in [0.29, 0.717) is 18.0 Å². The molecule has 1 fully saturated rings. The van der Waals surface area contributed by atoms with Gasteiger partial charge < -0.3 is 0 Å². The Labute approximate surface area is 120 Å². The molecule has 0 amide bonds. The van der Waals surface area contributed by atoms with E-state index in [0.717, 1.165) is 22.8 Å². The molecular formula is C14H23NO2SSn. The Morgan fingerprint density at radius 1 is 1.11 bits per heavy atom. The molecule has 0 N–H and O–H groups in total. The third-order valence-corrected chi connectivity index (χ3v) is 9.49. The molecule has 0 aliphatic carbocycles. The van der Waals surface area contributed by atoms with Crippen molar-refractivity contribution in [2.24, 2.45) is 0 Å². The van der Waals surface area contributed by atoms with E-state index in [-0.39, 0.29) is 0 Å². The molecule has 1 aliphatic rings. The van der Waals surface area contributed by atoms with Crippen molar-refractivity contribution in [2.75, 3.05) is 13.1 Å². The quantitative estimate of drug-likeness (QED) is 0.745. The van der Waals surface area contributed by atoms with E-state index in [1.54, 1.807) is 10.4 Å². The molecule has 0 atom stereocenters. The molecule has 19 heavy (non-hydrogen) atoms. The number of sulfonamides is 1. The maximum atomic E-state index is 12.7. The summed E-state index contributed by atoms with van der Waals surface area (Å²) >= 11 is -2.05. The fourth-order valence-electron chi connectivity index (χ4n) is 2.54. The summed E-state index contributed by atoms with van der Waals surface area (Å²) in [6.45, 7) is 1.35. The molecule has 0 spiro atoms. The zero-order valence-corrected chi connectivity index (χ0v) is 15.7. The maximum absolute atomic E-state index is 12.7. The predicted octanol–water partition coefficient (Wildman–Crippen LogP) is 2.89. The molecule has 0 saturated carbocycles. The van der Waals surface area contributed by atoms with E-state index in [2.05, 4.69) is 14.8 Å². The van der Waals surface area contributed by atoms with Gasteiger partial charge in [0.25, 0.3) is 0 Å². The van der Waals surface area contributed by atoms with Crippen molar-refractivity contribution in [2.45, 2.75) is 37.0 Å². The number of nitrogens with zero attached hydrogens (tertiary/aromatic N) is 1. The molecule has 0 bridgehead atoms. The van der Waals surface area contributed by atoms with Crippen molar-refractivity contribution < 1.29 is 8.42 Å². The fraction of sp³-hybridized carbons (Fsp3) is 0.571. The Morgan fingerprint density at radius 3 is 2.26 bits per heavy atom. The number of hydrogen-bond donors (Lipinski definition) is 0. The van der Waals surface area contributed by atoms with Gasteiger partial charge in [0.05, 0.1) is 0 Å². The molecule has 1 heterocycles. The van der Waals surface area contributed by atoms with Crippen LogP contribution in [0.3, 0.4) is 0 Å². The van der Waals surface area contributed by atoms with Gasteiger partial charge in [-0.25, -0.2) is 0 Å². The van der Waals surface area contributed by atoms with Crippen LogP contribution in [0.15, 0.2) is 29.2 Å². The Hall–Kier alpha value is -0.0713. The molecule has 1 saturated heterocycles. The molecule has 0 aromatic heterocycles. The summed E-state index contributed by atoms with van der Waals surface area (Å²) in [7, 11) is -3.27. The van der Waals surface area contributed by atoms with Crippen LogP contribution in [0.5, 0.6) is 0 Å². The molecule has 0 unspecified atom stereocenters. The molecule has 3 nitrogen and oxygen atoms in total. The van der Waals surface area contributed by atoms with Crippen LogP contribution in [-0.2, 0) is 14.5 Å². The minimum atomic E-state index is -3.27. The SMILES string of the molecule is [CH3][Sn]([CH3])([CH3])[CH2]c1ccccc1S(=O)(=O)N1CCCC1. The zero-order chi connectivity index (χ0) is 14.1. The number of benzene rings is 1. The predicted molar refractivity (Wildman–Crippen MR) is 81.5 cm³/mol. The summed E-state index contributed by atoms with van der Waals surface area (Å²) in [6, 6.07) is 7.56. The van der Waals surface area contributed by atoms with Gasteiger partial charge in [0.15, 0.2) is 0 Å². The van der Waals surface area contributed by atoms with Gasteiger partial charge in [0, 0.05) is 0 Å². The van der Waals surface area contributed by atoms with Crippen molar-refractivity contribution in [3.05, 3.63) is 29.8 Å². The Balaban J connectivity index is 2.39. The van der Waals surface area contributed by atoms with E-state index >= 15 is 0 Å². The summed E-state index contributed by atoms with van der Waals surface area (Å²) in [5.41, 5.74) is 1.03. The first-order valence-electron chi connectivity index (χ1n) is 6.89. The topological polar surface area (TPSA) is 37.4 Å². The number of rotatable bonds is 4. The zero-order valence-electron chi connectivity index (χ0n) is 12.0. The van der Waals surface area contributed by atoms with Gasteiger partial charge in [-0.1, -0.05) is 0 Å². The number of hydrogen-bond acceptors (Lipinski definition) is 2. The van der Waals surface area contributed by atoms with E-state index in [1.807, 2.05) is 18.2 Å².